The van der Waals surface area contributed by atoms with Crippen LogP contribution in [0.2, 0.25) is 0 Å². The maximum absolute atomic E-state index is 13.4. The molecule has 7 nitrogen and oxygen atoms in total. The zero-order chi connectivity index (χ0) is 48.2. The van der Waals surface area contributed by atoms with Gasteiger partial charge in [-0.1, -0.05) is 185 Å². The van der Waals surface area contributed by atoms with E-state index in [9.17, 15) is 14.4 Å². The summed E-state index contributed by atoms with van der Waals surface area (Å²) < 4.78 is 17.9. The highest BCUT2D eigenvalue weighted by molar-refractivity contribution is 5.70. The lowest BCUT2D eigenvalue weighted by molar-refractivity contribution is -0.169. The largest absolute Gasteiger partial charge is 0.466 e. The third kappa shape index (κ3) is 47.8. The van der Waals surface area contributed by atoms with Crippen molar-refractivity contribution in [1.29, 1.82) is 0 Å². The Morgan fingerprint density at radius 3 is 1.09 bits per heavy atom. The van der Waals surface area contributed by atoms with Crippen LogP contribution in [0.4, 0.5) is 0 Å². The number of esters is 3. The number of hydrogen-bond acceptors (Lipinski definition) is 7. The van der Waals surface area contributed by atoms with Crippen molar-refractivity contribution in [2.45, 2.75) is 283 Å². The van der Waals surface area contributed by atoms with Crippen molar-refractivity contribution >= 4 is 17.9 Å². The number of rotatable bonds is 50. The summed E-state index contributed by atoms with van der Waals surface area (Å²) in [6.07, 6.45) is 57.9. The number of ether oxygens (including phenoxy) is 3. The summed E-state index contributed by atoms with van der Waals surface area (Å²) in [6.45, 7) is 8.12. The van der Waals surface area contributed by atoms with Crippen LogP contribution < -0.4 is 0 Å². The van der Waals surface area contributed by atoms with E-state index < -0.39 is 12.2 Å². The summed E-state index contributed by atoms with van der Waals surface area (Å²) in [5.41, 5.74) is 0. The highest BCUT2D eigenvalue weighted by Crippen LogP contribution is 2.23. The number of nitrogens with zero attached hydrogens (tertiary/aromatic N) is 1. The molecule has 0 saturated heterocycles. The van der Waals surface area contributed by atoms with Gasteiger partial charge in [0.2, 0.25) is 0 Å². The van der Waals surface area contributed by atoms with Gasteiger partial charge in [0.25, 0.3) is 0 Å². The lowest BCUT2D eigenvalue weighted by Gasteiger charge is -2.27. The average molecular weight is 927 g/mol. The minimum Gasteiger partial charge on any atom is -0.466 e. The topological polar surface area (TPSA) is 82.1 Å². The summed E-state index contributed by atoms with van der Waals surface area (Å²) in [7, 11) is 4.05. The summed E-state index contributed by atoms with van der Waals surface area (Å²) >= 11 is 0. The van der Waals surface area contributed by atoms with Gasteiger partial charge < -0.3 is 19.1 Å². The van der Waals surface area contributed by atoms with Crippen molar-refractivity contribution in [3.63, 3.8) is 0 Å². The lowest BCUT2D eigenvalue weighted by atomic mass is 9.99. The molecule has 0 bridgehead atoms. The van der Waals surface area contributed by atoms with Gasteiger partial charge in [-0.05, 0) is 130 Å². The van der Waals surface area contributed by atoms with Crippen LogP contribution in [0.15, 0.2) is 48.6 Å². The van der Waals surface area contributed by atoms with E-state index in [1.165, 1.54) is 103 Å². The van der Waals surface area contributed by atoms with E-state index in [-0.39, 0.29) is 17.9 Å². The number of allylic oxidation sites excluding steroid dienone is 8. The predicted octanol–water partition coefficient (Wildman–Crippen LogP) is 17.4. The Labute approximate surface area is 409 Å². The Kier molecular flexibility index (Phi) is 49.6. The molecule has 0 rings (SSSR count). The van der Waals surface area contributed by atoms with E-state index in [0.717, 1.165) is 129 Å². The van der Waals surface area contributed by atoms with E-state index in [4.69, 9.17) is 14.2 Å². The maximum Gasteiger partial charge on any atom is 0.306 e. The molecule has 0 aliphatic carbocycles. The van der Waals surface area contributed by atoms with E-state index >= 15 is 0 Å². The van der Waals surface area contributed by atoms with Crippen LogP contribution in [0.1, 0.15) is 271 Å². The minimum absolute atomic E-state index is 0.107. The van der Waals surface area contributed by atoms with Gasteiger partial charge in [-0.2, -0.15) is 0 Å². The number of unbranched alkanes of at least 4 members (excludes halogenated alkanes) is 25. The molecule has 0 unspecified atom stereocenters. The highest BCUT2D eigenvalue weighted by Gasteiger charge is 2.28. The Bertz CT molecular complexity index is 1190. The standard InChI is InChI=1S/C59H107NO6/c1-6-9-12-15-18-20-22-24-26-28-30-32-34-39-45-51-58(62)65-55(48-42-37-17-14-11-8-3)56(49-43-38-36-41-44-50-57(61)64-54-47-53-60(4)5)66-59(63)52-46-40-35-33-31-29-27-25-23-21-19-16-13-10-7-2/h18-21,24-27,55-56H,6-17,22-23,28-54H2,1-5H3/b20-18-,21-19-,26-24-,27-25-/t55-,56+/m0/s1. The minimum atomic E-state index is -0.420. The second-order valence-corrected chi connectivity index (χ2v) is 19.3. The smallest absolute Gasteiger partial charge is 0.306 e. The molecular formula is C59H107NO6. The van der Waals surface area contributed by atoms with Gasteiger partial charge in [-0.25, -0.2) is 0 Å². The Morgan fingerprint density at radius 1 is 0.379 bits per heavy atom. The third-order valence-electron chi connectivity index (χ3n) is 12.4. The molecule has 0 aromatic carbocycles. The van der Waals surface area contributed by atoms with Crippen molar-refractivity contribution in [1.82, 2.24) is 4.90 Å². The summed E-state index contributed by atoms with van der Waals surface area (Å²) in [5.74, 6) is -0.420. The molecular weight excluding hydrogens is 819 g/mol. The molecule has 0 aliphatic rings. The summed E-state index contributed by atoms with van der Waals surface area (Å²) in [5, 5.41) is 0. The van der Waals surface area contributed by atoms with Gasteiger partial charge in [-0.3, -0.25) is 14.4 Å². The molecule has 384 valence electrons. The molecule has 0 amide bonds. The fraction of sp³-hybridized carbons (Fsp3) is 0.814. The number of carbonyl (C=O) groups is 3. The van der Waals surface area contributed by atoms with Gasteiger partial charge in [0, 0.05) is 25.8 Å². The summed E-state index contributed by atoms with van der Waals surface area (Å²) in [6, 6.07) is 0. The number of hydrogen-bond donors (Lipinski definition) is 0. The fourth-order valence-corrected chi connectivity index (χ4v) is 8.17. The normalized spacial score (nSPS) is 12.9. The molecule has 0 fully saturated rings. The molecule has 0 aromatic rings. The molecule has 0 saturated carbocycles. The first-order valence-electron chi connectivity index (χ1n) is 28.1. The molecule has 0 radical (unpaired) electrons. The molecule has 0 aromatic heterocycles. The van der Waals surface area contributed by atoms with Gasteiger partial charge in [0.05, 0.1) is 6.61 Å². The van der Waals surface area contributed by atoms with Gasteiger partial charge in [-0.15, -0.1) is 0 Å². The van der Waals surface area contributed by atoms with Crippen molar-refractivity contribution < 1.29 is 28.6 Å². The van der Waals surface area contributed by atoms with Crippen LogP contribution in [0.3, 0.4) is 0 Å². The molecule has 0 heterocycles. The van der Waals surface area contributed by atoms with Crippen LogP contribution in [-0.4, -0.2) is 62.3 Å². The summed E-state index contributed by atoms with van der Waals surface area (Å²) in [4.78, 5) is 41.0. The van der Waals surface area contributed by atoms with Crippen molar-refractivity contribution in [2.24, 2.45) is 0 Å². The van der Waals surface area contributed by atoms with Gasteiger partial charge in [0.15, 0.2) is 0 Å². The molecule has 0 aliphatic heterocycles. The predicted molar refractivity (Wildman–Crippen MR) is 283 cm³/mol. The highest BCUT2D eigenvalue weighted by atomic mass is 16.6. The Hall–Kier alpha value is -2.67. The third-order valence-corrected chi connectivity index (χ3v) is 12.4. The second-order valence-electron chi connectivity index (χ2n) is 19.3. The van der Waals surface area contributed by atoms with Crippen LogP contribution in [0.5, 0.6) is 0 Å². The van der Waals surface area contributed by atoms with Crippen LogP contribution in [0, 0.1) is 0 Å². The van der Waals surface area contributed by atoms with Gasteiger partial charge >= 0.3 is 17.9 Å². The first kappa shape index (κ1) is 63.3. The van der Waals surface area contributed by atoms with Crippen molar-refractivity contribution in [3.05, 3.63) is 48.6 Å². The molecule has 2 atom stereocenters. The quantitative estimate of drug-likeness (QED) is 0.0260. The van der Waals surface area contributed by atoms with Crippen LogP contribution in [-0.2, 0) is 28.6 Å². The first-order chi connectivity index (χ1) is 32.3. The van der Waals surface area contributed by atoms with E-state index in [1.54, 1.807) is 0 Å². The number of carbonyl (C=O) groups excluding carboxylic acids is 3. The average Bonchev–Trinajstić information content (AvgIpc) is 3.30. The second kappa shape index (κ2) is 51.7. The zero-order valence-corrected chi connectivity index (χ0v) is 44.2. The zero-order valence-electron chi connectivity index (χ0n) is 44.2. The van der Waals surface area contributed by atoms with E-state index in [2.05, 4.69) is 74.3 Å². The molecule has 0 N–H and O–H groups in total. The molecule has 0 spiro atoms. The van der Waals surface area contributed by atoms with Gasteiger partial charge in [0.1, 0.15) is 12.2 Å². The SMILES string of the molecule is CCCCC/C=C\C/C=C\CCCCCCCC(=O)O[C@@H](CCCCCCCC)[C@@H](CCCCCCCC(=O)OCCCN(C)C)OC(=O)CCCCCCC/C=C\C/C=C\CCCCC. The van der Waals surface area contributed by atoms with Crippen molar-refractivity contribution in [3.8, 4) is 0 Å². The lowest BCUT2D eigenvalue weighted by Crippen LogP contribution is -2.35. The molecule has 7 heteroatoms. The molecule has 66 heavy (non-hydrogen) atoms. The van der Waals surface area contributed by atoms with E-state index in [1.807, 2.05) is 14.1 Å². The Balaban J connectivity index is 5.10. The Morgan fingerprint density at radius 2 is 0.697 bits per heavy atom. The maximum atomic E-state index is 13.4. The monoisotopic (exact) mass is 926 g/mol. The first-order valence-corrected chi connectivity index (χ1v) is 28.1. The van der Waals surface area contributed by atoms with E-state index in [0.29, 0.717) is 32.3 Å². The van der Waals surface area contributed by atoms with Crippen molar-refractivity contribution in [2.75, 3.05) is 27.2 Å². The fourth-order valence-electron chi connectivity index (χ4n) is 8.17. The van der Waals surface area contributed by atoms with Crippen LogP contribution >= 0.6 is 0 Å². The van der Waals surface area contributed by atoms with Crippen LogP contribution in [0.25, 0.3) is 0 Å².